The van der Waals surface area contributed by atoms with Crippen molar-refractivity contribution >= 4 is 11.1 Å². The third kappa shape index (κ3) is 9.99. The van der Waals surface area contributed by atoms with Gasteiger partial charge < -0.3 is 4.18 Å². The molecule has 0 saturated carbocycles. The highest BCUT2D eigenvalue weighted by Crippen LogP contribution is 2.16. The third-order valence-corrected chi connectivity index (χ3v) is 4.38. The number of aryl methyl sites for hydroxylation is 1. The topological polar surface area (TPSA) is 26.3 Å². The Hall–Kier alpha value is -0.830. The first kappa shape index (κ1) is 19.2. The van der Waals surface area contributed by atoms with Crippen LogP contribution in [0.2, 0.25) is 0 Å². The van der Waals surface area contributed by atoms with Crippen molar-refractivity contribution in [3.05, 3.63) is 29.8 Å². The van der Waals surface area contributed by atoms with Crippen LogP contribution >= 0.6 is 0 Å². The molecule has 0 amide bonds. The molecule has 126 valence electrons. The molecule has 0 heterocycles. The van der Waals surface area contributed by atoms with E-state index >= 15 is 0 Å². The van der Waals surface area contributed by atoms with Crippen LogP contribution in [-0.4, -0.2) is 10.5 Å². The lowest BCUT2D eigenvalue weighted by Gasteiger charge is -2.05. The van der Waals surface area contributed by atoms with Crippen LogP contribution in [0.5, 0.6) is 5.75 Å². The molecular formula is C19H32O2S. The van der Waals surface area contributed by atoms with E-state index < -0.39 is 11.1 Å². The zero-order valence-corrected chi connectivity index (χ0v) is 15.1. The molecule has 0 aliphatic rings. The van der Waals surface area contributed by atoms with Crippen molar-refractivity contribution in [1.82, 2.24) is 0 Å². The zero-order valence-electron chi connectivity index (χ0n) is 14.3. The number of benzene rings is 1. The fraction of sp³-hybridized carbons (Fsp3) is 0.684. The van der Waals surface area contributed by atoms with Crippen molar-refractivity contribution in [2.45, 2.75) is 77.6 Å². The quantitative estimate of drug-likeness (QED) is 0.427. The highest BCUT2D eigenvalue weighted by Gasteiger charge is 1.98. The number of unbranched alkanes of at least 4 members (excludes halogenated alkanes) is 9. The van der Waals surface area contributed by atoms with E-state index in [1.165, 1.54) is 76.0 Å². The van der Waals surface area contributed by atoms with Crippen molar-refractivity contribution in [2.75, 3.05) is 6.26 Å². The van der Waals surface area contributed by atoms with Crippen LogP contribution in [0.1, 0.15) is 76.7 Å². The maximum atomic E-state index is 11.0. The first-order valence-electron chi connectivity index (χ1n) is 8.83. The van der Waals surface area contributed by atoms with Gasteiger partial charge in [0.15, 0.2) is 0 Å². The van der Waals surface area contributed by atoms with E-state index in [-0.39, 0.29) is 0 Å². The summed E-state index contributed by atoms with van der Waals surface area (Å²) in [5, 5.41) is 0. The number of rotatable bonds is 13. The Labute approximate surface area is 139 Å². The Morgan fingerprint density at radius 1 is 0.818 bits per heavy atom. The predicted octanol–water partition coefficient (Wildman–Crippen LogP) is 5.82. The normalized spacial score (nSPS) is 12.3. The molecule has 1 atom stereocenters. The molecule has 2 nitrogen and oxygen atoms in total. The second kappa shape index (κ2) is 12.7. The van der Waals surface area contributed by atoms with Gasteiger partial charge in [0, 0.05) is 6.26 Å². The maximum absolute atomic E-state index is 11.0. The van der Waals surface area contributed by atoms with Gasteiger partial charge in [-0.15, -0.1) is 0 Å². The lowest BCUT2D eigenvalue weighted by atomic mass is 10.0. The van der Waals surface area contributed by atoms with E-state index in [2.05, 4.69) is 19.1 Å². The minimum Gasteiger partial charge on any atom is -0.401 e. The van der Waals surface area contributed by atoms with Crippen LogP contribution in [0.3, 0.4) is 0 Å². The van der Waals surface area contributed by atoms with Gasteiger partial charge in [0.1, 0.15) is 5.75 Å². The van der Waals surface area contributed by atoms with Crippen LogP contribution in [-0.2, 0) is 17.5 Å². The molecule has 0 aliphatic carbocycles. The molecule has 1 unspecified atom stereocenters. The molecule has 0 aromatic heterocycles. The fourth-order valence-corrected chi connectivity index (χ4v) is 3.05. The molecular weight excluding hydrogens is 292 g/mol. The van der Waals surface area contributed by atoms with Gasteiger partial charge in [0.25, 0.3) is 0 Å². The van der Waals surface area contributed by atoms with Crippen molar-refractivity contribution in [3.8, 4) is 5.75 Å². The molecule has 0 saturated heterocycles. The lowest BCUT2D eigenvalue weighted by molar-refractivity contribution is 0.556. The number of hydrogen-bond donors (Lipinski definition) is 0. The molecule has 0 fully saturated rings. The molecule has 22 heavy (non-hydrogen) atoms. The molecule has 0 aliphatic heterocycles. The first-order valence-corrected chi connectivity index (χ1v) is 10.3. The average Bonchev–Trinajstić information content (AvgIpc) is 2.50. The second-order valence-electron chi connectivity index (χ2n) is 6.06. The summed E-state index contributed by atoms with van der Waals surface area (Å²) in [7, 11) is 0. The van der Waals surface area contributed by atoms with Gasteiger partial charge in [-0.1, -0.05) is 76.8 Å². The molecule has 0 spiro atoms. The van der Waals surface area contributed by atoms with Crippen molar-refractivity contribution in [2.24, 2.45) is 0 Å². The van der Waals surface area contributed by atoms with Gasteiger partial charge >= 0.3 is 0 Å². The summed E-state index contributed by atoms with van der Waals surface area (Å²) >= 11 is -1.24. The summed E-state index contributed by atoms with van der Waals surface area (Å²) in [6.45, 7) is 2.27. The van der Waals surface area contributed by atoms with Gasteiger partial charge in [-0.2, -0.15) is 0 Å². The molecule has 1 rings (SSSR count). The van der Waals surface area contributed by atoms with Crippen LogP contribution < -0.4 is 4.18 Å². The first-order chi connectivity index (χ1) is 10.7. The van der Waals surface area contributed by atoms with Crippen LogP contribution in [0.4, 0.5) is 0 Å². The van der Waals surface area contributed by atoms with Gasteiger partial charge in [0.2, 0.25) is 11.1 Å². The molecule has 0 N–H and O–H groups in total. The van der Waals surface area contributed by atoms with E-state index in [0.29, 0.717) is 5.75 Å². The van der Waals surface area contributed by atoms with E-state index in [1.54, 1.807) is 0 Å². The van der Waals surface area contributed by atoms with Crippen LogP contribution in [0.15, 0.2) is 24.3 Å². The highest BCUT2D eigenvalue weighted by molar-refractivity contribution is 7.79. The molecule has 3 heteroatoms. The van der Waals surface area contributed by atoms with Crippen molar-refractivity contribution < 1.29 is 8.39 Å². The maximum Gasteiger partial charge on any atom is 0.203 e. The van der Waals surface area contributed by atoms with Gasteiger partial charge in [-0.3, -0.25) is 0 Å². The van der Waals surface area contributed by atoms with Crippen LogP contribution in [0.25, 0.3) is 0 Å². The van der Waals surface area contributed by atoms with E-state index in [4.69, 9.17) is 4.18 Å². The minimum atomic E-state index is -1.24. The summed E-state index contributed by atoms with van der Waals surface area (Å²) in [4.78, 5) is 0. The summed E-state index contributed by atoms with van der Waals surface area (Å²) < 4.78 is 16.1. The summed E-state index contributed by atoms with van der Waals surface area (Å²) in [5.74, 6) is 0.688. The second-order valence-corrected chi connectivity index (χ2v) is 7.03. The summed E-state index contributed by atoms with van der Waals surface area (Å²) in [6.07, 6.45) is 16.4. The average molecular weight is 325 g/mol. The van der Waals surface area contributed by atoms with E-state index in [0.717, 1.165) is 6.42 Å². The number of hydrogen-bond acceptors (Lipinski definition) is 2. The largest absolute Gasteiger partial charge is 0.401 e. The fourth-order valence-electron chi connectivity index (χ4n) is 2.66. The van der Waals surface area contributed by atoms with Gasteiger partial charge in [0.05, 0.1) is 0 Å². The van der Waals surface area contributed by atoms with E-state index in [9.17, 15) is 4.21 Å². The molecule has 0 bridgehead atoms. The smallest absolute Gasteiger partial charge is 0.203 e. The van der Waals surface area contributed by atoms with Gasteiger partial charge in [-0.05, 0) is 30.5 Å². The van der Waals surface area contributed by atoms with Crippen LogP contribution in [0, 0.1) is 0 Å². The van der Waals surface area contributed by atoms with Gasteiger partial charge in [-0.25, -0.2) is 4.21 Å². The van der Waals surface area contributed by atoms with E-state index in [1.807, 2.05) is 12.1 Å². The minimum absolute atomic E-state index is 0.688. The SMILES string of the molecule is CCCCCCCCCCCCc1ccc(OS(C)=O)cc1. The highest BCUT2D eigenvalue weighted by atomic mass is 32.2. The molecule has 1 aromatic rings. The Morgan fingerprint density at radius 3 is 1.82 bits per heavy atom. The lowest BCUT2D eigenvalue weighted by Crippen LogP contribution is -1.96. The standard InChI is InChI=1S/C19H32O2S/c1-3-4-5-6-7-8-9-10-11-12-13-18-14-16-19(17-15-18)21-22(2)20/h14-17H,3-13H2,1-2H3. The Kier molecular flexibility index (Phi) is 11.1. The molecule has 1 aromatic carbocycles. The summed E-state index contributed by atoms with van der Waals surface area (Å²) in [5.41, 5.74) is 1.34. The Morgan fingerprint density at radius 2 is 1.32 bits per heavy atom. The molecule has 0 radical (unpaired) electrons. The Bertz CT molecular complexity index is 400. The van der Waals surface area contributed by atoms with Crippen molar-refractivity contribution in [1.29, 1.82) is 0 Å². The van der Waals surface area contributed by atoms with Crippen molar-refractivity contribution in [3.63, 3.8) is 0 Å². The predicted molar refractivity (Wildman–Crippen MR) is 96.7 cm³/mol. The summed E-state index contributed by atoms with van der Waals surface area (Å²) in [6, 6.07) is 7.98. The third-order valence-electron chi connectivity index (χ3n) is 3.96. The Balaban J connectivity index is 1.99. The monoisotopic (exact) mass is 324 g/mol. The zero-order chi connectivity index (χ0) is 16.0.